The highest BCUT2D eigenvalue weighted by Crippen LogP contribution is 2.33. The number of aromatic nitrogens is 3. The Balaban J connectivity index is 1.42. The van der Waals surface area contributed by atoms with Crippen LogP contribution in [0.25, 0.3) is 22.6 Å². The average molecular weight is 443 g/mol. The van der Waals surface area contributed by atoms with Crippen LogP contribution in [0.3, 0.4) is 0 Å². The van der Waals surface area contributed by atoms with Crippen LogP contribution in [0.5, 0.6) is 0 Å². The van der Waals surface area contributed by atoms with Crippen molar-refractivity contribution < 1.29 is 18.7 Å². The van der Waals surface area contributed by atoms with Gasteiger partial charge in [-0.15, -0.1) is 0 Å². The Hall–Kier alpha value is -4.27. The summed E-state index contributed by atoms with van der Waals surface area (Å²) in [5, 5.41) is 12.0. The number of oxime groups is 1. The highest BCUT2D eigenvalue weighted by molar-refractivity contribution is 6.00. The number of nitrogens with zero attached hydrogens (tertiary/aromatic N) is 5. The molecule has 1 atom stereocenters. The first-order valence-corrected chi connectivity index (χ1v) is 10.4. The van der Waals surface area contributed by atoms with E-state index >= 15 is 0 Å². The van der Waals surface area contributed by atoms with Crippen LogP contribution in [0.2, 0.25) is 0 Å². The highest BCUT2D eigenvalue weighted by atomic mass is 16.6. The Morgan fingerprint density at radius 2 is 1.82 bits per heavy atom. The molecule has 2 aromatic carbocycles. The molecule has 33 heavy (non-hydrogen) atoms. The second-order valence-electron chi connectivity index (χ2n) is 7.72. The van der Waals surface area contributed by atoms with Crippen LogP contribution < -0.4 is 0 Å². The van der Waals surface area contributed by atoms with E-state index in [-0.39, 0.29) is 5.91 Å². The quantitative estimate of drug-likeness (QED) is 0.424. The highest BCUT2D eigenvalue weighted by Gasteiger charge is 2.38. The van der Waals surface area contributed by atoms with Gasteiger partial charge in [0.2, 0.25) is 11.7 Å². The molecule has 1 amide bonds. The van der Waals surface area contributed by atoms with Gasteiger partial charge in [0, 0.05) is 18.1 Å². The second-order valence-corrected chi connectivity index (χ2v) is 7.72. The number of benzene rings is 2. The molecule has 0 radical (unpaired) electrons. The normalized spacial score (nSPS) is 17.0. The maximum atomic E-state index is 13.4. The van der Waals surface area contributed by atoms with Gasteiger partial charge in [-0.25, -0.2) is 0 Å². The summed E-state index contributed by atoms with van der Waals surface area (Å²) in [6, 6.07) is 18.8. The molecule has 5 rings (SSSR count). The van der Waals surface area contributed by atoms with Crippen LogP contribution in [0.15, 0.2) is 74.9 Å². The van der Waals surface area contributed by atoms with Crippen molar-refractivity contribution in [3.63, 3.8) is 0 Å². The van der Waals surface area contributed by atoms with Crippen molar-refractivity contribution in [2.75, 3.05) is 13.7 Å². The van der Waals surface area contributed by atoms with Gasteiger partial charge >= 0.3 is 0 Å². The fourth-order valence-electron chi connectivity index (χ4n) is 3.88. The molecule has 1 aliphatic heterocycles. The van der Waals surface area contributed by atoms with Crippen molar-refractivity contribution in [3.05, 3.63) is 77.9 Å². The largest absolute Gasteiger partial charge is 0.399 e. The van der Waals surface area contributed by atoms with Crippen molar-refractivity contribution in [3.8, 4) is 22.6 Å². The molecule has 2 aromatic heterocycles. The minimum absolute atomic E-state index is 0.155. The number of hydrogen-bond acceptors (Lipinski definition) is 8. The summed E-state index contributed by atoms with van der Waals surface area (Å²) in [6.07, 6.45) is 0.432. The van der Waals surface area contributed by atoms with Crippen molar-refractivity contribution in [1.82, 2.24) is 20.2 Å². The molecule has 9 heteroatoms. The van der Waals surface area contributed by atoms with E-state index < -0.39 is 6.04 Å². The first-order valence-electron chi connectivity index (χ1n) is 10.4. The molecule has 9 nitrogen and oxygen atoms in total. The summed E-state index contributed by atoms with van der Waals surface area (Å²) in [6.45, 7) is 2.09. The van der Waals surface area contributed by atoms with Gasteiger partial charge in [0.1, 0.15) is 18.9 Å². The lowest BCUT2D eigenvalue weighted by atomic mass is 10.0. The Labute approximate surface area is 189 Å². The summed E-state index contributed by atoms with van der Waals surface area (Å²) in [5.41, 5.74) is 3.88. The van der Waals surface area contributed by atoms with Crippen molar-refractivity contribution >= 4 is 11.6 Å². The molecule has 0 N–H and O–H groups in total. The van der Waals surface area contributed by atoms with Gasteiger partial charge in [0.15, 0.2) is 5.69 Å². The average Bonchev–Trinajstić information content (AvgIpc) is 3.59. The monoisotopic (exact) mass is 443 g/mol. The Kier molecular flexibility index (Phi) is 5.43. The fraction of sp³-hybridized carbons (Fsp3) is 0.208. The number of aryl methyl sites for hydroxylation is 1. The van der Waals surface area contributed by atoms with Crippen molar-refractivity contribution in [2.45, 2.75) is 19.4 Å². The van der Waals surface area contributed by atoms with Gasteiger partial charge in [-0.2, -0.15) is 4.98 Å². The van der Waals surface area contributed by atoms with Crippen molar-refractivity contribution in [2.24, 2.45) is 5.16 Å². The van der Waals surface area contributed by atoms with Crippen LogP contribution in [0.1, 0.15) is 34.5 Å². The third-order valence-corrected chi connectivity index (χ3v) is 5.46. The van der Waals surface area contributed by atoms with Crippen molar-refractivity contribution in [1.29, 1.82) is 0 Å². The number of amides is 1. The van der Waals surface area contributed by atoms with E-state index in [9.17, 15) is 4.79 Å². The van der Waals surface area contributed by atoms with E-state index in [0.717, 1.165) is 11.1 Å². The molecule has 0 saturated carbocycles. The summed E-state index contributed by atoms with van der Waals surface area (Å²) < 4.78 is 10.6. The topological polar surface area (TPSA) is 107 Å². The summed E-state index contributed by atoms with van der Waals surface area (Å²) in [4.78, 5) is 24.5. The molecule has 0 aliphatic carbocycles. The molecule has 4 aromatic rings. The predicted octanol–water partition coefficient (Wildman–Crippen LogP) is 4.29. The second kappa shape index (κ2) is 8.70. The molecular formula is C24H21N5O4. The molecule has 1 aliphatic rings. The summed E-state index contributed by atoms with van der Waals surface area (Å²) in [7, 11) is 1.48. The zero-order valence-corrected chi connectivity index (χ0v) is 18.1. The number of hydrogen-bond donors (Lipinski definition) is 0. The lowest BCUT2D eigenvalue weighted by Gasteiger charge is -2.21. The van der Waals surface area contributed by atoms with Gasteiger partial charge in [-0.3, -0.25) is 4.79 Å². The SMILES string of the molecule is CO/N=C1\C[C@@H](c2nc(-c3cc(C)on3)no2)N(C(=O)c2ccc(-c3ccccc3)cc2)C1. The summed E-state index contributed by atoms with van der Waals surface area (Å²) in [5.74, 6) is 1.10. The zero-order chi connectivity index (χ0) is 22.8. The third-order valence-electron chi connectivity index (χ3n) is 5.46. The molecule has 0 spiro atoms. The lowest BCUT2D eigenvalue weighted by molar-refractivity contribution is 0.0713. The van der Waals surface area contributed by atoms with E-state index in [4.69, 9.17) is 13.9 Å². The van der Waals surface area contributed by atoms with Gasteiger partial charge in [0.25, 0.3) is 5.91 Å². The Morgan fingerprint density at radius 1 is 1.06 bits per heavy atom. The van der Waals surface area contributed by atoms with Crippen LogP contribution in [0.4, 0.5) is 0 Å². The first-order chi connectivity index (χ1) is 16.1. The molecule has 0 bridgehead atoms. The lowest BCUT2D eigenvalue weighted by Crippen LogP contribution is -2.31. The van der Waals surface area contributed by atoms with Gasteiger partial charge in [0.05, 0.1) is 12.3 Å². The standard InChI is InChI=1S/C24H21N5O4/c1-15-12-20(27-32-15)22-25-23(33-28-22)21-13-19(26-31-2)14-29(21)24(30)18-10-8-17(9-11-18)16-6-4-3-5-7-16/h3-12,21H,13-14H2,1-2H3/b26-19+/t21-/m0/s1. The molecular weight excluding hydrogens is 422 g/mol. The van der Waals surface area contributed by atoms with E-state index in [1.165, 1.54) is 7.11 Å². The molecule has 3 heterocycles. The van der Waals surface area contributed by atoms with Gasteiger partial charge in [-0.05, 0) is 30.2 Å². The van der Waals surface area contributed by atoms with E-state index in [0.29, 0.717) is 47.4 Å². The molecule has 1 fully saturated rings. The van der Waals surface area contributed by atoms with E-state index in [2.05, 4.69) is 20.5 Å². The number of carbonyl (C=O) groups is 1. The first kappa shape index (κ1) is 20.6. The van der Waals surface area contributed by atoms with Gasteiger partial charge < -0.3 is 18.8 Å². The van der Waals surface area contributed by atoms with E-state index in [1.54, 1.807) is 17.9 Å². The molecule has 0 unspecified atom stereocenters. The van der Waals surface area contributed by atoms with E-state index in [1.807, 2.05) is 54.6 Å². The Morgan fingerprint density at radius 3 is 2.52 bits per heavy atom. The minimum atomic E-state index is -0.463. The minimum Gasteiger partial charge on any atom is -0.399 e. The number of rotatable bonds is 5. The van der Waals surface area contributed by atoms with Crippen LogP contribution in [-0.2, 0) is 4.84 Å². The third kappa shape index (κ3) is 4.12. The summed E-state index contributed by atoms with van der Waals surface area (Å²) >= 11 is 0. The molecule has 166 valence electrons. The predicted molar refractivity (Wildman–Crippen MR) is 119 cm³/mol. The number of carbonyl (C=O) groups excluding carboxylic acids is 1. The van der Waals surface area contributed by atoms with Crippen LogP contribution in [-0.4, -0.2) is 45.5 Å². The van der Waals surface area contributed by atoms with Gasteiger partial charge in [-0.1, -0.05) is 57.9 Å². The molecule has 1 saturated heterocycles. The maximum Gasteiger partial charge on any atom is 0.254 e. The smallest absolute Gasteiger partial charge is 0.254 e. The Bertz CT molecular complexity index is 1290. The maximum absolute atomic E-state index is 13.4. The zero-order valence-electron chi connectivity index (χ0n) is 18.1. The number of likely N-dealkylation sites (tertiary alicyclic amines) is 1. The van der Waals surface area contributed by atoms with Crippen LogP contribution >= 0.6 is 0 Å². The fourth-order valence-corrected chi connectivity index (χ4v) is 3.88. The van der Waals surface area contributed by atoms with Crippen LogP contribution in [0, 0.1) is 6.92 Å².